The summed E-state index contributed by atoms with van der Waals surface area (Å²) < 4.78 is 8.06. The third-order valence-corrected chi connectivity index (χ3v) is 6.68. The van der Waals surface area contributed by atoms with Crippen LogP contribution in [-0.2, 0) is 18.6 Å². The predicted molar refractivity (Wildman–Crippen MR) is 125 cm³/mol. The third kappa shape index (κ3) is 3.23. The normalized spacial score (nSPS) is 21.0. The van der Waals surface area contributed by atoms with Crippen molar-refractivity contribution in [2.24, 2.45) is 5.73 Å². The van der Waals surface area contributed by atoms with Gasteiger partial charge in [-0.15, -0.1) is 10.2 Å². The van der Waals surface area contributed by atoms with E-state index in [0.717, 1.165) is 51.7 Å². The van der Waals surface area contributed by atoms with Gasteiger partial charge in [-0.05, 0) is 30.0 Å². The van der Waals surface area contributed by atoms with E-state index >= 15 is 0 Å². The van der Waals surface area contributed by atoms with Crippen molar-refractivity contribution < 1.29 is 9.84 Å². The van der Waals surface area contributed by atoms with E-state index in [-0.39, 0.29) is 6.10 Å². The summed E-state index contributed by atoms with van der Waals surface area (Å²) in [5.41, 5.74) is 11.8. The van der Waals surface area contributed by atoms with Gasteiger partial charge >= 0.3 is 0 Å². The molecule has 0 amide bonds. The number of aryl methyl sites for hydroxylation is 1. The highest BCUT2D eigenvalue weighted by Crippen LogP contribution is 2.41. The summed E-state index contributed by atoms with van der Waals surface area (Å²) in [6, 6.07) is 20.6. The first-order valence-corrected chi connectivity index (χ1v) is 11.3. The van der Waals surface area contributed by atoms with Crippen LogP contribution in [0.3, 0.4) is 0 Å². The monoisotopic (exact) mass is 439 g/mol. The molecule has 7 heteroatoms. The van der Waals surface area contributed by atoms with Crippen molar-refractivity contribution in [3.63, 3.8) is 0 Å². The van der Waals surface area contributed by atoms with E-state index in [1.165, 1.54) is 0 Å². The molecule has 0 radical (unpaired) electrons. The Labute approximate surface area is 191 Å². The van der Waals surface area contributed by atoms with E-state index in [1.807, 2.05) is 30.3 Å². The molecule has 4 aromatic rings. The second-order valence-electron chi connectivity index (χ2n) is 8.88. The standard InChI is InChI=1S/C26H25N5O2/c1-2-22-29-30-23-15-33-25-21(31(22)23)12-20(16-6-4-3-5-7-16)24(28-25)17-8-10-18(11-9-17)26(27)13-19(32)14-26/h3-12,19,32H,2,13-15,27H2,1H3/t19-,26+. The van der Waals surface area contributed by atoms with E-state index in [2.05, 4.69) is 52.0 Å². The van der Waals surface area contributed by atoms with E-state index < -0.39 is 5.54 Å². The van der Waals surface area contributed by atoms with Crippen LogP contribution in [-0.4, -0.2) is 31.0 Å². The fourth-order valence-electron chi connectivity index (χ4n) is 4.87. The minimum Gasteiger partial charge on any atom is -0.468 e. The van der Waals surface area contributed by atoms with Crippen molar-refractivity contribution in [3.05, 3.63) is 77.9 Å². The lowest BCUT2D eigenvalue weighted by Crippen LogP contribution is -2.51. The summed E-state index contributed by atoms with van der Waals surface area (Å²) in [6.45, 7) is 2.41. The molecule has 3 N–H and O–H groups in total. The number of rotatable bonds is 4. The Bertz CT molecular complexity index is 1310. The summed E-state index contributed by atoms with van der Waals surface area (Å²) in [5.74, 6) is 2.25. The number of aliphatic hydroxyl groups excluding tert-OH is 1. The van der Waals surface area contributed by atoms with E-state index in [1.54, 1.807) is 0 Å². The molecule has 1 aliphatic heterocycles. The van der Waals surface area contributed by atoms with Gasteiger partial charge in [-0.3, -0.25) is 4.57 Å². The van der Waals surface area contributed by atoms with E-state index in [9.17, 15) is 5.11 Å². The van der Waals surface area contributed by atoms with Crippen molar-refractivity contribution >= 4 is 0 Å². The van der Waals surface area contributed by atoms with Crippen LogP contribution in [0.4, 0.5) is 0 Å². The maximum absolute atomic E-state index is 9.73. The number of aliphatic hydroxyl groups is 1. The molecule has 2 aliphatic rings. The summed E-state index contributed by atoms with van der Waals surface area (Å²) >= 11 is 0. The summed E-state index contributed by atoms with van der Waals surface area (Å²) in [6.07, 6.45) is 1.64. The van der Waals surface area contributed by atoms with Crippen molar-refractivity contribution in [3.8, 4) is 34.0 Å². The van der Waals surface area contributed by atoms with Gasteiger partial charge in [-0.1, -0.05) is 61.5 Å². The Hall–Kier alpha value is -3.55. The molecule has 1 aliphatic carbocycles. The van der Waals surface area contributed by atoms with Crippen molar-refractivity contribution in [2.45, 2.75) is 44.4 Å². The largest absolute Gasteiger partial charge is 0.468 e. The maximum atomic E-state index is 9.73. The first kappa shape index (κ1) is 20.1. The smallest absolute Gasteiger partial charge is 0.239 e. The lowest BCUT2D eigenvalue weighted by molar-refractivity contribution is 0.0209. The molecule has 0 spiro atoms. The molecule has 2 aromatic carbocycles. The number of ether oxygens (including phenoxy) is 1. The van der Waals surface area contributed by atoms with Gasteiger partial charge in [0.15, 0.2) is 12.4 Å². The van der Waals surface area contributed by atoms with E-state index in [4.69, 9.17) is 15.5 Å². The van der Waals surface area contributed by atoms with Crippen LogP contribution in [0, 0.1) is 0 Å². The number of hydrogen-bond acceptors (Lipinski definition) is 6. The van der Waals surface area contributed by atoms with Gasteiger partial charge in [0.25, 0.3) is 0 Å². The highest BCUT2D eigenvalue weighted by atomic mass is 16.5. The average Bonchev–Trinajstić information content (AvgIpc) is 3.27. The first-order valence-electron chi connectivity index (χ1n) is 11.3. The van der Waals surface area contributed by atoms with Gasteiger partial charge < -0.3 is 15.6 Å². The lowest BCUT2D eigenvalue weighted by atomic mass is 9.70. The SMILES string of the molecule is CCc1nnc2n1-c1cc(-c3ccccc3)c(-c3ccc([C@]4(N)C[C@@H](O)C4)cc3)nc1OC2. The molecule has 1 fully saturated rings. The molecule has 0 saturated heterocycles. The van der Waals surface area contributed by atoms with Crippen LogP contribution < -0.4 is 10.5 Å². The summed E-state index contributed by atoms with van der Waals surface area (Å²) in [4.78, 5) is 4.98. The van der Waals surface area contributed by atoms with Crippen molar-refractivity contribution in [1.29, 1.82) is 0 Å². The molecule has 2 aromatic heterocycles. The maximum Gasteiger partial charge on any atom is 0.239 e. The number of nitrogens with two attached hydrogens (primary N) is 1. The third-order valence-electron chi connectivity index (χ3n) is 6.68. The molecule has 0 bridgehead atoms. The van der Waals surface area contributed by atoms with Crippen LogP contribution in [0.1, 0.15) is 37.0 Å². The number of aromatic nitrogens is 4. The number of fused-ring (bicyclic) bond motifs is 3. The molecule has 0 unspecified atom stereocenters. The van der Waals surface area contributed by atoms with Crippen LogP contribution in [0.15, 0.2) is 60.7 Å². The zero-order chi connectivity index (χ0) is 22.6. The molecule has 1 saturated carbocycles. The molecule has 7 nitrogen and oxygen atoms in total. The Morgan fingerprint density at radius 2 is 1.82 bits per heavy atom. The zero-order valence-corrected chi connectivity index (χ0v) is 18.4. The molecular weight excluding hydrogens is 414 g/mol. The highest BCUT2D eigenvalue weighted by molar-refractivity contribution is 5.83. The summed E-state index contributed by atoms with van der Waals surface area (Å²) in [7, 11) is 0. The van der Waals surface area contributed by atoms with Gasteiger partial charge in [0, 0.05) is 23.1 Å². The fraction of sp³-hybridized carbons (Fsp3) is 0.269. The molecule has 6 rings (SSSR count). The predicted octanol–water partition coefficient (Wildman–Crippen LogP) is 3.76. The second kappa shape index (κ2) is 7.50. The Morgan fingerprint density at radius 3 is 2.52 bits per heavy atom. The molecule has 3 heterocycles. The van der Waals surface area contributed by atoms with Gasteiger partial charge in [0.2, 0.25) is 5.88 Å². The van der Waals surface area contributed by atoms with Gasteiger partial charge in [-0.25, -0.2) is 4.98 Å². The van der Waals surface area contributed by atoms with Crippen LogP contribution in [0.5, 0.6) is 5.88 Å². The summed E-state index contributed by atoms with van der Waals surface area (Å²) in [5, 5.41) is 18.3. The van der Waals surface area contributed by atoms with Crippen LogP contribution >= 0.6 is 0 Å². The van der Waals surface area contributed by atoms with Crippen molar-refractivity contribution in [1.82, 2.24) is 19.7 Å². The van der Waals surface area contributed by atoms with E-state index in [0.29, 0.717) is 25.3 Å². The minimum absolute atomic E-state index is 0.311. The first-order chi connectivity index (χ1) is 16.1. The zero-order valence-electron chi connectivity index (χ0n) is 18.4. The van der Waals surface area contributed by atoms with Gasteiger partial charge in [-0.2, -0.15) is 0 Å². The lowest BCUT2D eigenvalue weighted by Gasteiger charge is -2.42. The molecule has 0 atom stereocenters. The molecular formula is C26H25N5O2. The van der Waals surface area contributed by atoms with Gasteiger partial charge in [0.1, 0.15) is 11.5 Å². The Kier molecular flexibility index (Phi) is 4.57. The number of pyridine rings is 1. The molecule has 33 heavy (non-hydrogen) atoms. The van der Waals surface area contributed by atoms with Crippen LogP contribution in [0.25, 0.3) is 28.1 Å². The van der Waals surface area contributed by atoms with Crippen LogP contribution in [0.2, 0.25) is 0 Å². The highest BCUT2D eigenvalue weighted by Gasteiger charge is 2.41. The quantitative estimate of drug-likeness (QED) is 0.502. The number of nitrogens with zero attached hydrogens (tertiary/aromatic N) is 4. The second-order valence-corrected chi connectivity index (χ2v) is 8.88. The number of benzene rings is 2. The topological polar surface area (TPSA) is 99.1 Å². The Morgan fingerprint density at radius 1 is 1.06 bits per heavy atom. The Balaban J connectivity index is 1.50. The fourth-order valence-corrected chi connectivity index (χ4v) is 4.87. The molecule has 166 valence electrons. The van der Waals surface area contributed by atoms with Gasteiger partial charge in [0.05, 0.1) is 11.8 Å². The number of hydrogen-bond donors (Lipinski definition) is 2. The average molecular weight is 440 g/mol. The van der Waals surface area contributed by atoms with Crippen molar-refractivity contribution in [2.75, 3.05) is 0 Å². The minimum atomic E-state index is -0.450.